The van der Waals surface area contributed by atoms with Gasteiger partial charge in [0.05, 0.1) is 7.11 Å². The Bertz CT molecular complexity index is 1180. The molecular weight excluding hydrogens is 520 g/mol. The van der Waals surface area contributed by atoms with E-state index in [4.69, 9.17) is 9.47 Å². The second-order valence-corrected chi connectivity index (χ2v) is 15.3. The number of ether oxygens (including phenoxy) is 2. The summed E-state index contributed by atoms with van der Waals surface area (Å²) in [7, 11) is 1.52. The lowest BCUT2D eigenvalue weighted by molar-refractivity contribution is -0.145. The van der Waals surface area contributed by atoms with Crippen LogP contribution in [-0.4, -0.2) is 24.3 Å². The van der Waals surface area contributed by atoms with E-state index in [0.29, 0.717) is 11.2 Å². The van der Waals surface area contributed by atoms with Gasteiger partial charge in [-0.15, -0.1) is 0 Å². The molecule has 42 heavy (non-hydrogen) atoms. The van der Waals surface area contributed by atoms with Gasteiger partial charge in [-0.1, -0.05) is 72.1 Å². The van der Waals surface area contributed by atoms with Crippen molar-refractivity contribution < 1.29 is 19.4 Å². The van der Waals surface area contributed by atoms with Crippen molar-refractivity contribution in [2.45, 2.75) is 112 Å². The van der Waals surface area contributed by atoms with Gasteiger partial charge in [0.1, 0.15) is 6.10 Å². The molecule has 0 aliphatic heterocycles. The van der Waals surface area contributed by atoms with Crippen molar-refractivity contribution in [2.75, 3.05) is 7.11 Å². The molecule has 4 aliphatic carbocycles. The van der Waals surface area contributed by atoms with Crippen LogP contribution >= 0.6 is 0 Å². The molecule has 0 bridgehead atoms. The number of benzene rings is 1. The monoisotopic (exact) mass is 576 g/mol. The SMILES string of the molecule is COc1cc(/C=C/C(=O)OC2CC[C@@]3(C)C(=CC[C@H]4[C@@H]5CC[C@H]([C@H](C)CCC(C)C(C)C)[C@@]5(C)CC[C@@H]43)C2)ccc1O. The van der Waals surface area contributed by atoms with Crippen LogP contribution in [0.5, 0.6) is 11.5 Å². The predicted molar refractivity (Wildman–Crippen MR) is 171 cm³/mol. The number of allylic oxidation sites excluding steroid dienone is 1. The Labute approximate surface area is 255 Å². The van der Waals surface area contributed by atoms with E-state index in [1.807, 2.05) is 0 Å². The van der Waals surface area contributed by atoms with Gasteiger partial charge in [-0.05, 0) is 121 Å². The number of carbonyl (C=O) groups is 1. The number of phenolic OH excluding ortho intramolecular Hbond substituents is 1. The van der Waals surface area contributed by atoms with Gasteiger partial charge in [0.15, 0.2) is 11.5 Å². The summed E-state index contributed by atoms with van der Waals surface area (Å²) in [6, 6.07) is 5.04. The molecule has 2 unspecified atom stereocenters. The number of carbonyl (C=O) groups excluding carboxylic acids is 1. The maximum atomic E-state index is 12.7. The van der Waals surface area contributed by atoms with Gasteiger partial charge in [0, 0.05) is 12.5 Å². The Morgan fingerprint density at radius 1 is 1.05 bits per heavy atom. The summed E-state index contributed by atoms with van der Waals surface area (Å²) in [5, 5.41) is 9.81. The zero-order valence-electron chi connectivity index (χ0n) is 27.3. The van der Waals surface area contributed by atoms with Crippen LogP contribution in [0.3, 0.4) is 0 Å². The van der Waals surface area contributed by atoms with Crippen LogP contribution in [0, 0.1) is 52.3 Å². The van der Waals surface area contributed by atoms with Gasteiger partial charge >= 0.3 is 5.97 Å². The molecule has 3 saturated carbocycles. The predicted octanol–water partition coefficient (Wildman–Crippen LogP) is 9.61. The lowest BCUT2D eigenvalue weighted by Crippen LogP contribution is -2.51. The van der Waals surface area contributed by atoms with Gasteiger partial charge in [0.2, 0.25) is 0 Å². The lowest BCUT2D eigenvalue weighted by Gasteiger charge is -2.58. The fourth-order valence-electron chi connectivity index (χ4n) is 9.93. The standard InChI is InChI=1S/C38H56O4/c1-24(2)25(3)8-9-26(4)31-14-15-32-30-13-12-28-23-29(18-20-37(28,5)33(30)19-21-38(31,32)6)42-36(40)17-11-27-10-16-34(39)35(22-27)41-7/h10-12,16-17,22,24-26,29-33,39H,8-9,13-15,18-21,23H2,1-7H3/b17-11+/t25?,26-,29?,30+,31-,32+,33+,37+,38-/m1/s1. The van der Waals surface area contributed by atoms with Crippen LogP contribution in [0.15, 0.2) is 35.9 Å². The highest BCUT2D eigenvalue weighted by Crippen LogP contribution is 2.67. The average molecular weight is 577 g/mol. The Kier molecular flexibility index (Phi) is 9.22. The molecule has 0 aromatic heterocycles. The summed E-state index contributed by atoms with van der Waals surface area (Å²) < 4.78 is 11.1. The topological polar surface area (TPSA) is 55.8 Å². The van der Waals surface area contributed by atoms with Gasteiger partial charge in [0.25, 0.3) is 0 Å². The first-order chi connectivity index (χ1) is 20.0. The van der Waals surface area contributed by atoms with Crippen LogP contribution < -0.4 is 4.74 Å². The second-order valence-electron chi connectivity index (χ2n) is 15.3. The van der Waals surface area contributed by atoms with Gasteiger partial charge in [-0.2, -0.15) is 0 Å². The van der Waals surface area contributed by atoms with Gasteiger partial charge in [-0.3, -0.25) is 0 Å². The minimum Gasteiger partial charge on any atom is -0.504 e. The molecule has 1 N–H and O–H groups in total. The number of rotatable bonds is 9. The quantitative estimate of drug-likeness (QED) is 0.181. The number of aromatic hydroxyl groups is 1. The van der Waals surface area contributed by atoms with E-state index < -0.39 is 0 Å². The molecule has 232 valence electrons. The summed E-state index contributed by atoms with van der Waals surface area (Å²) in [6.07, 6.45) is 18.3. The van der Waals surface area contributed by atoms with Crippen molar-refractivity contribution in [3.05, 3.63) is 41.5 Å². The molecule has 0 heterocycles. The van der Waals surface area contributed by atoms with Crippen molar-refractivity contribution >= 4 is 12.0 Å². The number of phenols is 1. The molecular formula is C38H56O4. The van der Waals surface area contributed by atoms with E-state index in [1.54, 1.807) is 29.8 Å². The highest BCUT2D eigenvalue weighted by atomic mass is 16.5. The van der Waals surface area contributed by atoms with Crippen molar-refractivity contribution in [3.8, 4) is 11.5 Å². The van der Waals surface area contributed by atoms with Crippen molar-refractivity contribution in [1.82, 2.24) is 0 Å². The maximum Gasteiger partial charge on any atom is 0.331 e. The summed E-state index contributed by atoms with van der Waals surface area (Å²) in [5.41, 5.74) is 3.09. The largest absolute Gasteiger partial charge is 0.504 e. The van der Waals surface area contributed by atoms with E-state index in [1.165, 1.54) is 58.1 Å². The Morgan fingerprint density at radius 2 is 1.83 bits per heavy atom. The van der Waals surface area contributed by atoms with Crippen LogP contribution in [0.25, 0.3) is 6.08 Å². The molecule has 0 saturated heterocycles. The third-order valence-corrected chi connectivity index (χ3v) is 12.9. The lowest BCUT2D eigenvalue weighted by atomic mass is 9.47. The third-order valence-electron chi connectivity index (χ3n) is 12.9. The fourth-order valence-corrected chi connectivity index (χ4v) is 9.93. The zero-order valence-corrected chi connectivity index (χ0v) is 27.3. The second kappa shape index (κ2) is 12.4. The molecule has 0 spiro atoms. The highest BCUT2D eigenvalue weighted by Gasteiger charge is 2.59. The van der Waals surface area contributed by atoms with Crippen LogP contribution in [0.4, 0.5) is 0 Å². The van der Waals surface area contributed by atoms with E-state index in [9.17, 15) is 9.90 Å². The van der Waals surface area contributed by atoms with Crippen LogP contribution in [0.2, 0.25) is 0 Å². The molecule has 0 radical (unpaired) electrons. The zero-order chi connectivity index (χ0) is 30.2. The minimum absolute atomic E-state index is 0.0498. The van der Waals surface area contributed by atoms with Crippen LogP contribution in [0.1, 0.15) is 111 Å². The number of hydrogen-bond acceptors (Lipinski definition) is 4. The number of methoxy groups -OCH3 is 1. The molecule has 3 fully saturated rings. The normalized spacial score (nSPS) is 35.6. The molecule has 9 atom stereocenters. The number of esters is 1. The number of fused-ring (bicyclic) bond motifs is 5. The Morgan fingerprint density at radius 3 is 2.57 bits per heavy atom. The summed E-state index contributed by atoms with van der Waals surface area (Å²) >= 11 is 0. The van der Waals surface area contributed by atoms with Crippen molar-refractivity contribution in [2.24, 2.45) is 52.3 Å². The smallest absolute Gasteiger partial charge is 0.331 e. The van der Waals surface area contributed by atoms with E-state index in [0.717, 1.165) is 66.3 Å². The summed E-state index contributed by atoms with van der Waals surface area (Å²) in [4.78, 5) is 12.7. The fraction of sp³-hybridized carbons (Fsp3) is 0.711. The first-order valence-corrected chi connectivity index (χ1v) is 16.9. The summed E-state index contributed by atoms with van der Waals surface area (Å²) in [5.74, 6) is 5.94. The Balaban J connectivity index is 1.21. The van der Waals surface area contributed by atoms with E-state index >= 15 is 0 Å². The molecule has 4 heteroatoms. The van der Waals surface area contributed by atoms with E-state index in [2.05, 4.69) is 47.6 Å². The third kappa shape index (κ3) is 5.93. The summed E-state index contributed by atoms with van der Waals surface area (Å²) in [6.45, 7) is 15.0. The maximum absolute atomic E-state index is 12.7. The highest BCUT2D eigenvalue weighted by molar-refractivity contribution is 5.87. The molecule has 1 aromatic carbocycles. The molecule has 5 rings (SSSR count). The van der Waals surface area contributed by atoms with Crippen molar-refractivity contribution in [1.29, 1.82) is 0 Å². The molecule has 1 aromatic rings. The molecule has 0 amide bonds. The molecule has 4 nitrogen and oxygen atoms in total. The molecule has 4 aliphatic rings. The van der Waals surface area contributed by atoms with Gasteiger partial charge < -0.3 is 14.6 Å². The van der Waals surface area contributed by atoms with Gasteiger partial charge in [-0.25, -0.2) is 4.79 Å². The van der Waals surface area contributed by atoms with E-state index in [-0.39, 0.29) is 23.2 Å². The van der Waals surface area contributed by atoms with Crippen LogP contribution in [-0.2, 0) is 9.53 Å². The Hall–Kier alpha value is -2.23. The first kappa shape index (κ1) is 31.2. The average Bonchev–Trinajstić information content (AvgIpc) is 3.32. The minimum atomic E-state index is -0.299. The number of hydrogen-bond donors (Lipinski definition) is 1. The first-order valence-electron chi connectivity index (χ1n) is 16.9. The van der Waals surface area contributed by atoms with Crippen molar-refractivity contribution in [3.63, 3.8) is 0 Å².